The number of carboxylic acids is 1. The summed E-state index contributed by atoms with van der Waals surface area (Å²) in [5.74, 6) is 0.620. The number of benzene rings is 1. The van der Waals surface area contributed by atoms with E-state index in [9.17, 15) is 4.79 Å². The van der Waals surface area contributed by atoms with Gasteiger partial charge in [-0.15, -0.1) is 0 Å². The van der Waals surface area contributed by atoms with Crippen LogP contribution in [0.5, 0.6) is 0 Å². The molecule has 6 heteroatoms. The number of hydrogen-bond acceptors (Lipinski definition) is 4. The average molecular weight is 324 g/mol. The number of aromatic amines is 1. The summed E-state index contributed by atoms with van der Waals surface area (Å²) in [5.41, 5.74) is 1.94. The number of carboxylic acid groups (broad SMARTS) is 1. The molecule has 0 amide bonds. The Kier molecular flexibility index (Phi) is 4.74. The highest BCUT2D eigenvalue weighted by Gasteiger charge is 2.15. The Labute approximate surface area is 140 Å². The molecule has 0 bridgehead atoms. The number of anilines is 1. The van der Waals surface area contributed by atoms with Crippen LogP contribution in [0.15, 0.2) is 42.6 Å². The monoisotopic (exact) mass is 324 g/mol. The van der Waals surface area contributed by atoms with Crippen molar-refractivity contribution in [1.82, 2.24) is 15.0 Å². The lowest BCUT2D eigenvalue weighted by Gasteiger charge is -2.19. The molecule has 6 nitrogen and oxygen atoms in total. The molecule has 124 valence electrons. The van der Waals surface area contributed by atoms with E-state index in [0.717, 1.165) is 28.8 Å². The second-order valence-corrected chi connectivity index (χ2v) is 5.82. The SMILES string of the molecule is Cc1nc(NC(CCC(=O)O)Cc2ccccc2)c2cc[nH]c2n1. The largest absolute Gasteiger partial charge is 0.481 e. The highest BCUT2D eigenvalue weighted by Crippen LogP contribution is 2.22. The van der Waals surface area contributed by atoms with Gasteiger partial charge >= 0.3 is 5.97 Å². The molecule has 0 saturated carbocycles. The Morgan fingerprint density at radius 3 is 2.79 bits per heavy atom. The van der Waals surface area contributed by atoms with Crippen molar-refractivity contribution < 1.29 is 9.90 Å². The van der Waals surface area contributed by atoms with Crippen LogP contribution < -0.4 is 5.32 Å². The molecular weight excluding hydrogens is 304 g/mol. The lowest BCUT2D eigenvalue weighted by atomic mass is 10.0. The average Bonchev–Trinajstić information content (AvgIpc) is 3.02. The van der Waals surface area contributed by atoms with E-state index in [0.29, 0.717) is 12.2 Å². The van der Waals surface area contributed by atoms with E-state index in [1.54, 1.807) is 0 Å². The number of H-pyrrole nitrogens is 1. The molecule has 0 saturated heterocycles. The van der Waals surface area contributed by atoms with Crippen molar-refractivity contribution in [1.29, 1.82) is 0 Å². The van der Waals surface area contributed by atoms with Gasteiger partial charge in [0.25, 0.3) is 0 Å². The van der Waals surface area contributed by atoms with Crippen molar-refractivity contribution in [3.8, 4) is 0 Å². The van der Waals surface area contributed by atoms with Gasteiger partial charge in [-0.25, -0.2) is 9.97 Å². The number of carbonyl (C=O) groups is 1. The molecule has 2 aromatic heterocycles. The van der Waals surface area contributed by atoms with E-state index in [-0.39, 0.29) is 12.5 Å². The third kappa shape index (κ3) is 3.90. The highest BCUT2D eigenvalue weighted by atomic mass is 16.4. The van der Waals surface area contributed by atoms with Gasteiger partial charge in [0.2, 0.25) is 0 Å². The predicted octanol–water partition coefficient (Wildman–Crippen LogP) is 3.15. The van der Waals surface area contributed by atoms with E-state index in [2.05, 4.69) is 20.3 Å². The lowest BCUT2D eigenvalue weighted by Crippen LogP contribution is -2.24. The molecular formula is C18H20N4O2. The van der Waals surface area contributed by atoms with Gasteiger partial charge in [0.15, 0.2) is 0 Å². The van der Waals surface area contributed by atoms with Crippen LogP contribution in [0.25, 0.3) is 11.0 Å². The summed E-state index contributed by atoms with van der Waals surface area (Å²) in [6.07, 6.45) is 3.21. The van der Waals surface area contributed by atoms with Crippen LogP contribution in [0, 0.1) is 6.92 Å². The van der Waals surface area contributed by atoms with Gasteiger partial charge in [-0.2, -0.15) is 0 Å². The van der Waals surface area contributed by atoms with Gasteiger partial charge in [-0.1, -0.05) is 30.3 Å². The zero-order valence-corrected chi connectivity index (χ0v) is 13.5. The number of nitrogens with one attached hydrogen (secondary N) is 2. The Bertz CT molecular complexity index is 829. The van der Waals surface area contributed by atoms with Gasteiger partial charge in [0.05, 0.1) is 5.39 Å². The smallest absolute Gasteiger partial charge is 0.303 e. The van der Waals surface area contributed by atoms with Gasteiger partial charge in [-0.3, -0.25) is 4.79 Å². The van der Waals surface area contributed by atoms with Crippen molar-refractivity contribution in [2.45, 2.75) is 32.2 Å². The van der Waals surface area contributed by atoms with Crippen LogP contribution in [-0.4, -0.2) is 32.1 Å². The fraction of sp³-hybridized carbons (Fsp3) is 0.278. The molecule has 0 aliphatic rings. The van der Waals surface area contributed by atoms with Crippen molar-refractivity contribution >= 4 is 22.8 Å². The van der Waals surface area contributed by atoms with E-state index in [1.165, 1.54) is 0 Å². The Morgan fingerprint density at radius 1 is 1.25 bits per heavy atom. The zero-order valence-electron chi connectivity index (χ0n) is 13.5. The van der Waals surface area contributed by atoms with Gasteiger partial charge in [0.1, 0.15) is 17.3 Å². The molecule has 24 heavy (non-hydrogen) atoms. The number of nitrogens with zero attached hydrogens (tertiary/aromatic N) is 2. The maximum Gasteiger partial charge on any atom is 0.303 e. The molecule has 2 heterocycles. The van der Waals surface area contributed by atoms with E-state index in [1.807, 2.05) is 49.5 Å². The molecule has 0 aliphatic carbocycles. The van der Waals surface area contributed by atoms with Gasteiger partial charge in [0, 0.05) is 18.7 Å². The Hall–Kier alpha value is -2.89. The summed E-state index contributed by atoms with van der Waals surface area (Å²) in [6, 6.07) is 12.0. The fourth-order valence-corrected chi connectivity index (χ4v) is 2.78. The second-order valence-electron chi connectivity index (χ2n) is 5.82. The summed E-state index contributed by atoms with van der Waals surface area (Å²) in [7, 11) is 0. The summed E-state index contributed by atoms with van der Waals surface area (Å²) in [6.45, 7) is 1.84. The molecule has 3 N–H and O–H groups in total. The minimum absolute atomic E-state index is 0.0177. The van der Waals surface area contributed by atoms with Crippen LogP contribution in [0.2, 0.25) is 0 Å². The maximum absolute atomic E-state index is 11.0. The number of fused-ring (bicyclic) bond motifs is 1. The van der Waals surface area contributed by atoms with Crippen LogP contribution >= 0.6 is 0 Å². The maximum atomic E-state index is 11.0. The number of rotatable bonds is 7. The number of hydrogen-bond donors (Lipinski definition) is 3. The first-order valence-electron chi connectivity index (χ1n) is 7.96. The Balaban J connectivity index is 1.84. The van der Waals surface area contributed by atoms with Crippen molar-refractivity contribution in [2.24, 2.45) is 0 Å². The topological polar surface area (TPSA) is 90.9 Å². The molecule has 3 rings (SSSR count). The number of aryl methyl sites for hydroxylation is 1. The standard InChI is InChI=1S/C18H20N4O2/c1-12-20-17-15(9-10-19-17)18(21-12)22-14(7-8-16(23)24)11-13-5-3-2-4-6-13/h2-6,9-10,14H,7-8,11H2,1H3,(H,23,24)(H2,19,20,21,22). The molecule has 3 aromatic rings. The normalized spacial score (nSPS) is 12.2. The minimum atomic E-state index is -0.791. The minimum Gasteiger partial charge on any atom is -0.481 e. The predicted molar refractivity (Wildman–Crippen MR) is 93.1 cm³/mol. The van der Waals surface area contributed by atoms with E-state index in [4.69, 9.17) is 5.11 Å². The van der Waals surface area contributed by atoms with Gasteiger partial charge < -0.3 is 15.4 Å². The highest BCUT2D eigenvalue weighted by molar-refractivity contribution is 5.87. The summed E-state index contributed by atoms with van der Waals surface area (Å²) in [5, 5.41) is 13.3. The first-order chi connectivity index (χ1) is 11.6. The lowest BCUT2D eigenvalue weighted by molar-refractivity contribution is -0.137. The van der Waals surface area contributed by atoms with Crippen LogP contribution in [0.3, 0.4) is 0 Å². The molecule has 1 unspecified atom stereocenters. The second kappa shape index (κ2) is 7.12. The molecule has 0 aliphatic heterocycles. The van der Waals surface area contributed by atoms with E-state index < -0.39 is 5.97 Å². The molecule has 0 fully saturated rings. The van der Waals surface area contributed by atoms with Crippen molar-refractivity contribution in [2.75, 3.05) is 5.32 Å². The number of aromatic nitrogens is 3. The number of aliphatic carboxylic acids is 1. The van der Waals surface area contributed by atoms with Crippen molar-refractivity contribution in [3.05, 3.63) is 54.0 Å². The summed E-state index contributed by atoms with van der Waals surface area (Å²) >= 11 is 0. The first-order valence-corrected chi connectivity index (χ1v) is 7.96. The van der Waals surface area contributed by atoms with Gasteiger partial charge in [-0.05, 0) is 31.4 Å². The third-order valence-corrected chi connectivity index (χ3v) is 3.90. The molecule has 0 spiro atoms. The van der Waals surface area contributed by atoms with Crippen LogP contribution in [0.4, 0.5) is 5.82 Å². The molecule has 1 atom stereocenters. The fourth-order valence-electron chi connectivity index (χ4n) is 2.78. The van der Waals surface area contributed by atoms with Crippen LogP contribution in [-0.2, 0) is 11.2 Å². The summed E-state index contributed by atoms with van der Waals surface area (Å²) < 4.78 is 0. The van der Waals surface area contributed by atoms with E-state index >= 15 is 0 Å². The Morgan fingerprint density at radius 2 is 2.04 bits per heavy atom. The zero-order chi connectivity index (χ0) is 16.9. The molecule has 0 radical (unpaired) electrons. The third-order valence-electron chi connectivity index (χ3n) is 3.90. The van der Waals surface area contributed by atoms with Crippen molar-refractivity contribution in [3.63, 3.8) is 0 Å². The summed E-state index contributed by atoms with van der Waals surface area (Å²) in [4.78, 5) is 22.9. The first kappa shape index (κ1) is 16.0. The van der Waals surface area contributed by atoms with Crippen LogP contribution in [0.1, 0.15) is 24.2 Å². The quantitative estimate of drug-likeness (QED) is 0.621. The molecule has 1 aromatic carbocycles.